The maximum absolute atomic E-state index is 13.2. The van der Waals surface area contributed by atoms with E-state index in [2.05, 4.69) is 10.4 Å². The molecular formula is C24H29N3O6. The predicted octanol–water partition coefficient (Wildman–Crippen LogP) is 3.31. The SMILES string of the molecule is CCOc1cc(C2=NN(C(=O)[C@H](Cc3ccc(OC)cc3)NC(=O)O)CCC2)ccc1OC. The van der Waals surface area contributed by atoms with E-state index in [1.54, 1.807) is 38.5 Å². The third kappa shape index (κ3) is 6.15. The number of hydrogen-bond donors (Lipinski definition) is 2. The van der Waals surface area contributed by atoms with Crippen molar-refractivity contribution >= 4 is 17.7 Å². The average Bonchev–Trinajstić information content (AvgIpc) is 2.83. The molecule has 2 N–H and O–H groups in total. The lowest BCUT2D eigenvalue weighted by molar-refractivity contribution is -0.133. The van der Waals surface area contributed by atoms with Crippen LogP contribution in [0.4, 0.5) is 4.79 Å². The molecule has 1 aliphatic heterocycles. The first-order chi connectivity index (χ1) is 15.9. The number of ether oxygens (including phenoxy) is 3. The van der Waals surface area contributed by atoms with Crippen molar-refractivity contribution < 1.29 is 28.9 Å². The number of benzene rings is 2. The van der Waals surface area contributed by atoms with Gasteiger partial charge >= 0.3 is 6.09 Å². The number of nitrogens with one attached hydrogen (secondary N) is 1. The lowest BCUT2D eigenvalue weighted by Crippen LogP contribution is -2.49. The summed E-state index contributed by atoms with van der Waals surface area (Å²) in [5.41, 5.74) is 2.37. The molecule has 1 aliphatic rings. The summed E-state index contributed by atoms with van der Waals surface area (Å²) in [6.45, 7) is 2.80. The lowest BCUT2D eigenvalue weighted by Gasteiger charge is -2.27. The summed E-state index contributed by atoms with van der Waals surface area (Å²) in [7, 11) is 3.15. The van der Waals surface area contributed by atoms with E-state index < -0.39 is 18.0 Å². The van der Waals surface area contributed by atoms with Crippen molar-refractivity contribution in [1.82, 2.24) is 10.3 Å². The van der Waals surface area contributed by atoms with Crippen LogP contribution in [0.3, 0.4) is 0 Å². The molecule has 1 atom stereocenters. The Labute approximate surface area is 192 Å². The molecule has 3 rings (SSSR count). The Morgan fingerprint density at radius 1 is 1.12 bits per heavy atom. The van der Waals surface area contributed by atoms with E-state index in [-0.39, 0.29) is 6.42 Å². The van der Waals surface area contributed by atoms with E-state index in [4.69, 9.17) is 14.2 Å². The molecule has 0 saturated carbocycles. The largest absolute Gasteiger partial charge is 0.497 e. The van der Waals surface area contributed by atoms with Crippen molar-refractivity contribution in [3.8, 4) is 17.2 Å². The van der Waals surface area contributed by atoms with Gasteiger partial charge in [-0.2, -0.15) is 5.10 Å². The lowest BCUT2D eigenvalue weighted by atomic mass is 10.0. The Kier molecular flexibility index (Phi) is 8.12. The smallest absolute Gasteiger partial charge is 0.405 e. The number of hydrazone groups is 1. The van der Waals surface area contributed by atoms with Crippen LogP contribution in [0.15, 0.2) is 47.6 Å². The van der Waals surface area contributed by atoms with Gasteiger partial charge < -0.3 is 24.6 Å². The Hall–Kier alpha value is -3.75. The number of hydrogen-bond acceptors (Lipinski definition) is 6. The van der Waals surface area contributed by atoms with E-state index in [0.29, 0.717) is 43.2 Å². The molecule has 9 nitrogen and oxygen atoms in total. The maximum atomic E-state index is 13.2. The molecule has 1 heterocycles. The third-order valence-electron chi connectivity index (χ3n) is 5.27. The second-order valence-electron chi connectivity index (χ2n) is 7.46. The molecule has 9 heteroatoms. The Balaban J connectivity index is 1.83. The predicted molar refractivity (Wildman–Crippen MR) is 123 cm³/mol. The molecule has 0 saturated heterocycles. The van der Waals surface area contributed by atoms with Gasteiger partial charge in [-0.3, -0.25) is 4.79 Å². The molecule has 176 valence electrons. The Morgan fingerprint density at radius 3 is 2.52 bits per heavy atom. The normalized spacial score (nSPS) is 14.2. The first-order valence-electron chi connectivity index (χ1n) is 10.8. The summed E-state index contributed by atoms with van der Waals surface area (Å²) in [6.07, 6.45) is 0.340. The first-order valence-corrected chi connectivity index (χ1v) is 10.8. The first kappa shape index (κ1) is 23.9. The molecule has 0 unspecified atom stereocenters. The summed E-state index contributed by atoms with van der Waals surface area (Å²) in [4.78, 5) is 24.6. The fourth-order valence-corrected chi connectivity index (χ4v) is 3.65. The van der Waals surface area contributed by atoms with Gasteiger partial charge in [-0.1, -0.05) is 12.1 Å². The monoisotopic (exact) mass is 455 g/mol. The molecule has 0 bridgehead atoms. The molecule has 0 fully saturated rings. The molecule has 0 radical (unpaired) electrons. The van der Waals surface area contributed by atoms with E-state index in [1.165, 1.54) is 5.01 Å². The highest BCUT2D eigenvalue weighted by molar-refractivity contribution is 6.02. The van der Waals surface area contributed by atoms with E-state index in [9.17, 15) is 14.7 Å². The molecule has 2 aromatic carbocycles. The van der Waals surface area contributed by atoms with Crippen molar-refractivity contribution in [2.75, 3.05) is 27.4 Å². The van der Waals surface area contributed by atoms with Gasteiger partial charge in [-0.15, -0.1) is 0 Å². The minimum absolute atomic E-state index is 0.202. The fraction of sp³-hybridized carbons (Fsp3) is 0.375. The molecule has 33 heavy (non-hydrogen) atoms. The van der Waals surface area contributed by atoms with Crippen LogP contribution in [0, 0.1) is 0 Å². The number of rotatable bonds is 9. The van der Waals surface area contributed by atoms with Gasteiger partial charge in [0.05, 0.1) is 26.5 Å². The second-order valence-corrected chi connectivity index (χ2v) is 7.46. The fourth-order valence-electron chi connectivity index (χ4n) is 3.65. The third-order valence-corrected chi connectivity index (χ3v) is 5.27. The highest BCUT2D eigenvalue weighted by Gasteiger charge is 2.28. The number of methoxy groups -OCH3 is 2. The number of nitrogens with zero attached hydrogens (tertiary/aromatic N) is 2. The van der Waals surface area contributed by atoms with Gasteiger partial charge in [-0.25, -0.2) is 9.80 Å². The van der Waals surface area contributed by atoms with Gasteiger partial charge in [0.2, 0.25) is 0 Å². The summed E-state index contributed by atoms with van der Waals surface area (Å²) in [5.74, 6) is 1.51. The molecule has 0 spiro atoms. The van der Waals surface area contributed by atoms with Crippen molar-refractivity contribution in [3.05, 3.63) is 53.6 Å². The number of carbonyl (C=O) groups is 2. The summed E-state index contributed by atoms with van der Waals surface area (Å²) in [5, 5.41) is 17.5. The van der Waals surface area contributed by atoms with Gasteiger partial charge in [-0.05, 0) is 55.7 Å². The highest BCUT2D eigenvalue weighted by atomic mass is 16.5. The highest BCUT2D eigenvalue weighted by Crippen LogP contribution is 2.29. The Bertz CT molecular complexity index is 1010. The van der Waals surface area contributed by atoms with Crippen molar-refractivity contribution in [1.29, 1.82) is 0 Å². The standard InChI is InChI=1S/C24H29N3O6/c1-4-33-22-15-17(9-12-21(22)32-3)19-6-5-13-27(26-19)23(28)20(25-24(29)30)14-16-7-10-18(31-2)11-8-16/h7-12,15,20,25H,4-6,13-14H2,1-3H3,(H,29,30)/t20-/m0/s1. The summed E-state index contributed by atoms with van der Waals surface area (Å²) < 4.78 is 16.1. The van der Waals surface area contributed by atoms with Crippen LogP contribution in [-0.4, -0.2) is 61.2 Å². The van der Waals surface area contributed by atoms with Crippen LogP contribution in [0.25, 0.3) is 0 Å². The van der Waals surface area contributed by atoms with Crippen LogP contribution >= 0.6 is 0 Å². The van der Waals surface area contributed by atoms with Crippen molar-refractivity contribution in [2.24, 2.45) is 5.10 Å². The van der Waals surface area contributed by atoms with Crippen molar-refractivity contribution in [2.45, 2.75) is 32.2 Å². The zero-order chi connectivity index (χ0) is 23.8. The zero-order valence-electron chi connectivity index (χ0n) is 19.0. The van der Waals surface area contributed by atoms with E-state index >= 15 is 0 Å². The maximum Gasteiger partial charge on any atom is 0.405 e. The van der Waals surface area contributed by atoms with Gasteiger partial charge in [0.15, 0.2) is 11.5 Å². The van der Waals surface area contributed by atoms with Gasteiger partial charge in [0, 0.05) is 18.5 Å². The minimum atomic E-state index is -1.26. The number of carboxylic acid groups (broad SMARTS) is 1. The van der Waals surface area contributed by atoms with E-state index in [0.717, 1.165) is 16.8 Å². The van der Waals surface area contributed by atoms with Crippen LogP contribution in [0.2, 0.25) is 0 Å². The number of carbonyl (C=O) groups excluding carboxylic acids is 1. The molecule has 0 aliphatic carbocycles. The molecule has 2 amide bonds. The quantitative estimate of drug-likeness (QED) is 0.600. The zero-order valence-corrected chi connectivity index (χ0v) is 19.0. The van der Waals surface area contributed by atoms with Gasteiger partial charge in [0.1, 0.15) is 11.8 Å². The Morgan fingerprint density at radius 2 is 1.88 bits per heavy atom. The van der Waals surface area contributed by atoms with Crippen LogP contribution < -0.4 is 19.5 Å². The summed E-state index contributed by atoms with van der Waals surface area (Å²) >= 11 is 0. The second kappa shape index (κ2) is 11.2. The molecule has 2 aromatic rings. The summed E-state index contributed by atoms with van der Waals surface area (Å²) in [6, 6.07) is 11.7. The van der Waals surface area contributed by atoms with Crippen LogP contribution in [-0.2, 0) is 11.2 Å². The van der Waals surface area contributed by atoms with Crippen LogP contribution in [0.5, 0.6) is 17.2 Å². The van der Waals surface area contributed by atoms with Gasteiger partial charge in [0.25, 0.3) is 5.91 Å². The van der Waals surface area contributed by atoms with Crippen molar-refractivity contribution in [3.63, 3.8) is 0 Å². The molecule has 0 aromatic heterocycles. The topological polar surface area (TPSA) is 110 Å². The van der Waals surface area contributed by atoms with E-state index in [1.807, 2.05) is 25.1 Å². The minimum Gasteiger partial charge on any atom is -0.497 e. The van der Waals surface area contributed by atoms with Crippen LogP contribution in [0.1, 0.15) is 30.9 Å². The average molecular weight is 456 g/mol. The number of amides is 2. The molecular weight excluding hydrogens is 426 g/mol.